The minimum Gasteiger partial charge on any atom is -0.324 e. The summed E-state index contributed by atoms with van der Waals surface area (Å²) in [6, 6.07) is 12.5. The van der Waals surface area contributed by atoms with Crippen LogP contribution >= 0.6 is 11.6 Å². The van der Waals surface area contributed by atoms with Gasteiger partial charge in [-0.15, -0.1) is 0 Å². The molecule has 6 heteroatoms. The average molecular weight is 371 g/mol. The maximum absolute atomic E-state index is 12.8. The van der Waals surface area contributed by atoms with Gasteiger partial charge in [-0.05, 0) is 42.8 Å². The number of anilines is 1. The highest BCUT2D eigenvalue weighted by molar-refractivity contribution is 6.30. The Morgan fingerprint density at radius 2 is 1.62 bits per heavy atom. The quantitative estimate of drug-likeness (QED) is 0.777. The largest absolute Gasteiger partial charge is 0.324 e. The van der Waals surface area contributed by atoms with E-state index in [1.165, 1.54) is 0 Å². The number of halogens is 1. The molecule has 1 unspecified atom stereocenters. The minimum absolute atomic E-state index is 0.346. The number of amides is 3. The highest BCUT2D eigenvalue weighted by Crippen LogP contribution is 2.27. The highest BCUT2D eigenvalue weighted by Gasteiger charge is 2.42. The first-order chi connectivity index (χ1) is 12.5. The van der Waals surface area contributed by atoms with Crippen molar-refractivity contribution >= 4 is 35.0 Å². The number of rotatable bonds is 6. The van der Waals surface area contributed by atoms with Crippen molar-refractivity contribution in [3.05, 3.63) is 64.7 Å². The molecule has 1 N–H and O–H groups in total. The number of carbonyl (C=O) groups is 3. The SMILES string of the molecule is CCCCC(C(=O)Nc1ccc(Cl)cc1)N1C(=O)c2ccccc2C1=O. The molecular formula is C20H19ClN2O3. The summed E-state index contributed by atoms with van der Waals surface area (Å²) in [6.45, 7) is 2.00. The molecule has 5 nitrogen and oxygen atoms in total. The van der Waals surface area contributed by atoms with Crippen LogP contribution in [0, 0.1) is 0 Å². The number of carbonyl (C=O) groups excluding carboxylic acids is 3. The zero-order valence-corrected chi connectivity index (χ0v) is 15.1. The van der Waals surface area contributed by atoms with Crippen LogP contribution in [-0.2, 0) is 4.79 Å². The number of imide groups is 1. The van der Waals surface area contributed by atoms with Gasteiger partial charge in [0.05, 0.1) is 11.1 Å². The summed E-state index contributed by atoms with van der Waals surface area (Å²) in [5.74, 6) is -1.22. The van der Waals surface area contributed by atoms with Gasteiger partial charge in [0.1, 0.15) is 6.04 Å². The number of nitrogens with zero attached hydrogens (tertiary/aromatic N) is 1. The maximum Gasteiger partial charge on any atom is 0.262 e. The zero-order valence-electron chi connectivity index (χ0n) is 14.4. The van der Waals surface area contributed by atoms with E-state index >= 15 is 0 Å². The van der Waals surface area contributed by atoms with Crippen LogP contribution in [-0.4, -0.2) is 28.7 Å². The minimum atomic E-state index is -0.849. The van der Waals surface area contributed by atoms with Crippen molar-refractivity contribution in [3.63, 3.8) is 0 Å². The van der Waals surface area contributed by atoms with E-state index in [9.17, 15) is 14.4 Å². The van der Waals surface area contributed by atoms with Gasteiger partial charge in [-0.3, -0.25) is 19.3 Å². The lowest BCUT2D eigenvalue weighted by Crippen LogP contribution is -2.47. The van der Waals surface area contributed by atoms with Crippen LogP contribution in [0.5, 0.6) is 0 Å². The third-order valence-corrected chi connectivity index (χ3v) is 4.63. The highest BCUT2D eigenvalue weighted by atomic mass is 35.5. The molecule has 26 heavy (non-hydrogen) atoms. The molecule has 2 aromatic rings. The van der Waals surface area contributed by atoms with Crippen molar-refractivity contribution in [2.75, 3.05) is 5.32 Å². The van der Waals surface area contributed by atoms with E-state index in [0.29, 0.717) is 28.3 Å². The summed E-state index contributed by atoms with van der Waals surface area (Å²) in [6.07, 6.45) is 2.00. The molecule has 0 radical (unpaired) electrons. The number of fused-ring (bicyclic) bond motifs is 1. The molecule has 134 valence electrons. The predicted molar refractivity (Wildman–Crippen MR) is 100 cm³/mol. The smallest absolute Gasteiger partial charge is 0.262 e. The van der Waals surface area contributed by atoms with Gasteiger partial charge in [-0.25, -0.2) is 0 Å². The Morgan fingerprint density at radius 1 is 1.04 bits per heavy atom. The van der Waals surface area contributed by atoms with Crippen molar-refractivity contribution in [1.82, 2.24) is 4.90 Å². The molecule has 0 fully saturated rings. The van der Waals surface area contributed by atoms with Gasteiger partial charge in [0.25, 0.3) is 11.8 Å². The standard InChI is InChI=1S/C20H19ClN2O3/c1-2-3-8-17(18(24)22-14-11-9-13(21)10-12-14)23-19(25)15-6-4-5-7-16(15)20(23)26/h4-7,9-12,17H,2-3,8H2,1H3,(H,22,24). The topological polar surface area (TPSA) is 66.5 Å². The maximum atomic E-state index is 12.8. The van der Waals surface area contributed by atoms with Crippen molar-refractivity contribution in [3.8, 4) is 0 Å². The Balaban J connectivity index is 1.86. The van der Waals surface area contributed by atoms with E-state index in [4.69, 9.17) is 11.6 Å². The third kappa shape index (κ3) is 3.48. The second-order valence-electron chi connectivity index (χ2n) is 6.18. The lowest BCUT2D eigenvalue weighted by Gasteiger charge is -2.25. The van der Waals surface area contributed by atoms with Gasteiger partial charge in [-0.2, -0.15) is 0 Å². The van der Waals surface area contributed by atoms with Gasteiger partial charge < -0.3 is 5.32 Å². The number of hydrogen-bond acceptors (Lipinski definition) is 3. The first kappa shape index (κ1) is 18.1. The van der Waals surface area contributed by atoms with Crippen LogP contribution in [0.3, 0.4) is 0 Å². The van der Waals surface area contributed by atoms with E-state index in [1.54, 1.807) is 48.5 Å². The van der Waals surface area contributed by atoms with Gasteiger partial charge in [-0.1, -0.05) is 43.5 Å². The van der Waals surface area contributed by atoms with Crippen molar-refractivity contribution in [2.45, 2.75) is 32.2 Å². The fraction of sp³-hybridized carbons (Fsp3) is 0.250. The number of unbranched alkanes of at least 4 members (excludes halogenated alkanes) is 1. The molecule has 0 aliphatic carbocycles. The Labute approximate surface area is 156 Å². The van der Waals surface area contributed by atoms with E-state index in [2.05, 4.69) is 5.32 Å². The van der Waals surface area contributed by atoms with Crippen LogP contribution in [0.1, 0.15) is 46.9 Å². The van der Waals surface area contributed by atoms with Gasteiger partial charge in [0.15, 0.2) is 0 Å². The van der Waals surface area contributed by atoms with Crippen LogP contribution < -0.4 is 5.32 Å². The van der Waals surface area contributed by atoms with Gasteiger partial charge in [0, 0.05) is 10.7 Å². The molecular weight excluding hydrogens is 352 g/mol. The van der Waals surface area contributed by atoms with Gasteiger partial charge in [0.2, 0.25) is 5.91 Å². The average Bonchev–Trinajstić information content (AvgIpc) is 2.89. The van der Waals surface area contributed by atoms with E-state index in [1.807, 2.05) is 6.92 Å². The first-order valence-corrected chi connectivity index (χ1v) is 8.94. The monoisotopic (exact) mass is 370 g/mol. The van der Waals surface area contributed by atoms with E-state index in [-0.39, 0.29) is 5.91 Å². The Kier molecular flexibility index (Phi) is 5.38. The van der Waals surface area contributed by atoms with Crippen molar-refractivity contribution in [1.29, 1.82) is 0 Å². The molecule has 0 spiro atoms. The van der Waals surface area contributed by atoms with Crippen LogP contribution in [0.4, 0.5) is 5.69 Å². The van der Waals surface area contributed by atoms with Crippen LogP contribution in [0.2, 0.25) is 5.02 Å². The Morgan fingerprint density at radius 3 is 2.15 bits per heavy atom. The lowest BCUT2D eigenvalue weighted by molar-refractivity contribution is -0.120. The van der Waals surface area contributed by atoms with E-state index < -0.39 is 17.9 Å². The second kappa shape index (κ2) is 7.70. The first-order valence-electron chi connectivity index (χ1n) is 8.56. The fourth-order valence-electron chi connectivity index (χ4n) is 3.02. The third-order valence-electron chi connectivity index (χ3n) is 4.38. The molecule has 1 heterocycles. The predicted octanol–water partition coefficient (Wildman–Crippen LogP) is 4.13. The molecule has 1 aliphatic heterocycles. The van der Waals surface area contributed by atoms with Gasteiger partial charge >= 0.3 is 0 Å². The molecule has 0 saturated heterocycles. The second-order valence-corrected chi connectivity index (χ2v) is 6.62. The molecule has 0 bridgehead atoms. The summed E-state index contributed by atoms with van der Waals surface area (Å²) in [4.78, 5) is 39.4. The molecule has 1 aliphatic rings. The molecule has 0 aromatic heterocycles. The summed E-state index contributed by atoms with van der Waals surface area (Å²) in [5.41, 5.74) is 1.26. The number of hydrogen-bond donors (Lipinski definition) is 1. The van der Waals surface area contributed by atoms with Crippen LogP contribution in [0.25, 0.3) is 0 Å². The summed E-state index contributed by atoms with van der Waals surface area (Å²) in [5, 5.41) is 3.34. The number of benzene rings is 2. The normalized spacial score (nSPS) is 14.3. The summed E-state index contributed by atoms with van der Waals surface area (Å²) < 4.78 is 0. The Hall–Kier alpha value is -2.66. The Bertz CT molecular complexity index is 813. The van der Waals surface area contributed by atoms with Crippen LogP contribution in [0.15, 0.2) is 48.5 Å². The molecule has 1 atom stereocenters. The molecule has 2 aromatic carbocycles. The lowest BCUT2D eigenvalue weighted by atomic mass is 10.1. The molecule has 3 rings (SSSR count). The zero-order chi connectivity index (χ0) is 18.7. The van der Waals surface area contributed by atoms with Crippen molar-refractivity contribution < 1.29 is 14.4 Å². The van der Waals surface area contributed by atoms with Crippen molar-refractivity contribution in [2.24, 2.45) is 0 Å². The number of nitrogens with one attached hydrogen (secondary N) is 1. The molecule has 0 saturated carbocycles. The fourth-order valence-corrected chi connectivity index (χ4v) is 3.15. The summed E-state index contributed by atoms with van der Waals surface area (Å²) in [7, 11) is 0. The molecule has 3 amide bonds. The van der Waals surface area contributed by atoms with E-state index in [0.717, 1.165) is 17.7 Å². The summed E-state index contributed by atoms with van der Waals surface area (Å²) >= 11 is 5.86.